The normalized spacial score (nSPS) is 11.7. The van der Waals surface area contributed by atoms with Crippen LogP contribution in [0, 0.1) is 0 Å². The molecule has 0 unspecified atom stereocenters. The Morgan fingerprint density at radius 2 is 1.71 bits per heavy atom. The number of carbonyl (C=O) groups excluding carboxylic acids is 1. The standard InChI is InChI=1S/C15H10ClNO3S/c16-15(18)12-6-7-14-11(10-12)8-9-17(14)21(19,20)13-4-2-1-3-5-13/h1-10H. The number of hydrogen-bond acceptors (Lipinski definition) is 3. The minimum absolute atomic E-state index is 0.208. The third-order valence-corrected chi connectivity index (χ3v) is 5.10. The van der Waals surface area contributed by atoms with Crippen molar-refractivity contribution in [2.24, 2.45) is 0 Å². The summed E-state index contributed by atoms with van der Waals surface area (Å²) >= 11 is 5.43. The first-order valence-corrected chi connectivity index (χ1v) is 7.93. The van der Waals surface area contributed by atoms with Gasteiger partial charge < -0.3 is 0 Å². The Labute approximate surface area is 126 Å². The molecule has 1 aromatic heterocycles. The smallest absolute Gasteiger partial charge is 0.268 e. The van der Waals surface area contributed by atoms with E-state index in [1.807, 2.05) is 0 Å². The number of benzene rings is 2. The molecule has 0 aliphatic carbocycles. The van der Waals surface area contributed by atoms with Crippen molar-refractivity contribution in [3.8, 4) is 0 Å². The summed E-state index contributed by atoms with van der Waals surface area (Å²) in [5.41, 5.74) is 0.833. The van der Waals surface area contributed by atoms with Crippen molar-refractivity contribution in [1.82, 2.24) is 3.97 Å². The summed E-state index contributed by atoms with van der Waals surface area (Å²) in [6.45, 7) is 0. The van der Waals surface area contributed by atoms with Crippen molar-refractivity contribution >= 4 is 37.8 Å². The summed E-state index contributed by atoms with van der Waals surface area (Å²) in [7, 11) is -3.66. The Morgan fingerprint density at radius 1 is 1.00 bits per heavy atom. The molecule has 106 valence electrons. The molecule has 0 bridgehead atoms. The number of aromatic nitrogens is 1. The number of rotatable bonds is 3. The molecule has 0 aliphatic rings. The summed E-state index contributed by atoms with van der Waals surface area (Å²) in [5, 5.41) is 0.0663. The monoisotopic (exact) mass is 319 g/mol. The van der Waals surface area contributed by atoms with Gasteiger partial charge in [-0.15, -0.1) is 0 Å². The fraction of sp³-hybridized carbons (Fsp3) is 0. The zero-order valence-corrected chi connectivity index (χ0v) is 12.3. The Balaban J connectivity index is 2.20. The molecular formula is C15H10ClNO3S. The van der Waals surface area contributed by atoms with Gasteiger partial charge in [-0.3, -0.25) is 4.79 Å². The van der Waals surface area contributed by atoms with Crippen LogP contribution in [0.3, 0.4) is 0 Å². The van der Waals surface area contributed by atoms with Crippen LogP contribution < -0.4 is 0 Å². The number of halogens is 1. The van der Waals surface area contributed by atoms with Crippen LogP contribution in [-0.2, 0) is 10.0 Å². The second kappa shape index (κ2) is 5.02. The molecular weight excluding hydrogens is 310 g/mol. The van der Waals surface area contributed by atoms with E-state index in [2.05, 4.69) is 0 Å². The fourth-order valence-corrected chi connectivity index (χ4v) is 3.65. The highest BCUT2D eigenvalue weighted by Crippen LogP contribution is 2.23. The van der Waals surface area contributed by atoms with Crippen LogP contribution in [0.25, 0.3) is 10.9 Å². The van der Waals surface area contributed by atoms with E-state index in [0.29, 0.717) is 16.5 Å². The van der Waals surface area contributed by atoms with E-state index < -0.39 is 15.3 Å². The van der Waals surface area contributed by atoms with E-state index in [4.69, 9.17) is 11.6 Å². The molecule has 0 radical (unpaired) electrons. The first-order chi connectivity index (χ1) is 10.00. The average molecular weight is 320 g/mol. The van der Waals surface area contributed by atoms with Crippen LogP contribution in [0.5, 0.6) is 0 Å². The van der Waals surface area contributed by atoms with Crippen LogP contribution in [0.1, 0.15) is 10.4 Å². The average Bonchev–Trinajstić information content (AvgIpc) is 2.91. The predicted molar refractivity (Wildman–Crippen MR) is 81.1 cm³/mol. The number of fused-ring (bicyclic) bond motifs is 1. The maximum atomic E-state index is 12.6. The van der Waals surface area contributed by atoms with Crippen LogP contribution in [0.15, 0.2) is 65.7 Å². The van der Waals surface area contributed by atoms with Gasteiger partial charge in [0.2, 0.25) is 0 Å². The van der Waals surface area contributed by atoms with Crippen LogP contribution in [-0.4, -0.2) is 17.6 Å². The lowest BCUT2D eigenvalue weighted by Crippen LogP contribution is -2.11. The minimum Gasteiger partial charge on any atom is -0.276 e. The molecule has 1 heterocycles. The van der Waals surface area contributed by atoms with E-state index in [1.54, 1.807) is 36.4 Å². The lowest BCUT2D eigenvalue weighted by molar-refractivity contribution is 0.108. The SMILES string of the molecule is O=C(Cl)c1ccc2c(ccn2S(=O)(=O)c2ccccc2)c1. The Kier molecular flexibility index (Phi) is 3.31. The zero-order valence-electron chi connectivity index (χ0n) is 10.7. The summed E-state index contributed by atoms with van der Waals surface area (Å²) < 4.78 is 26.4. The third kappa shape index (κ3) is 2.34. The van der Waals surface area contributed by atoms with E-state index >= 15 is 0 Å². The first-order valence-electron chi connectivity index (χ1n) is 6.12. The molecule has 6 heteroatoms. The molecule has 4 nitrogen and oxygen atoms in total. The van der Waals surface area contributed by atoms with E-state index in [0.717, 1.165) is 0 Å². The molecule has 2 aromatic carbocycles. The van der Waals surface area contributed by atoms with Crippen molar-refractivity contribution in [3.05, 3.63) is 66.4 Å². The fourth-order valence-electron chi connectivity index (χ4n) is 2.15. The Morgan fingerprint density at radius 3 is 2.38 bits per heavy atom. The van der Waals surface area contributed by atoms with Crippen LogP contribution in [0.2, 0.25) is 0 Å². The van der Waals surface area contributed by atoms with Gasteiger partial charge in [0.25, 0.3) is 15.3 Å². The maximum absolute atomic E-state index is 12.6. The van der Waals surface area contributed by atoms with Gasteiger partial charge in [-0.05, 0) is 48.0 Å². The highest BCUT2D eigenvalue weighted by molar-refractivity contribution is 7.90. The van der Waals surface area contributed by atoms with Crippen molar-refractivity contribution in [3.63, 3.8) is 0 Å². The Hall–Kier alpha value is -2.11. The highest BCUT2D eigenvalue weighted by atomic mass is 35.5. The molecule has 0 saturated carbocycles. The van der Waals surface area contributed by atoms with Gasteiger partial charge in [0, 0.05) is 17.1 Å². The number of hydrogen-bond donors (Lipinski definition) is 0. The lowest BCUT2D eigenvalue weighted by Gasteiger charge is -2.07. The van der Waals surface area contributed by atoms with Gasteiger partial charge >= 0.3 is 0 Å². The number of nitrogens with zero attached hydrogens (tertiary/aromatic N) is 1. The molecule has 0 atom stereocenters. The summed E-state index contributed by atoms with van der Waals surface area (Å²) in [6.07, 6.45) is 1.47. The molecule has 0 saturated heterocycles. The molecule has 0 aliphatic heterocycles. The van der Waals surface area contributed by atoms with E-state index in [-0.39, 0.29) is 4.90 Å². The molecule has 0 fully saturated rings. The molecule has 3 rings (SSSR count). The Bertz CT molecular complexity index is 930. The predicted octanol–water partition coefficient (Wildman–Crippen LogP) is 3.26. The van der Waals surface area contributed by atoms with Crippen molar-refractivity contribution in [2.75, 3.05) is 0 Å². The lowest BCUT2D eigenvalue weighted by atomic mass is 10.2. The van der Waals surface area contributed by atoms with Crippen molar-refractivity contribution in [1.29, 1.82) is 0 Å². The number of carbonyl (C=O) groups is 1. The molecule has 0 amide bonds. The van der Waals surface area contributed by atoms with E-state index in [9.17, 15) is 13.2 Å². The zero-order chi connectivity index (χ0) is 15.0. The minimum atomic E-state index is -3.66. The van der Waals surface area contributed by atoms with Gasteiger partial charge in [-0.1, -0.05) is 18.2 Å². The topological polar surface area (TPSA) is 56.1 Å². The van der Waals surface area contributed by atoms with Gasteiger partial charge in [0.05, 0.1) is 10.4 Å². The van der Waals surface area contributed by atoms with E-state index in [1.165, 1.54) is 28.4 Å². The van der Waals surface area contributed by atoms with Crippen molar-refractivity contribution < 1.29 is 13.2 Å². The second-order valence-electron chi connectivity index (χ2n) is 4.48. The van der Waals surface area contributed by atoms with Gasteiger partial charge in [-0.25, -0.2) is 12.4 Å². The second-order valence-corrected chi connectivity index (χ2v) is 6.64. The summed E-state index contributed by atoms with van der Waals surface area (Å²) in [6, 6.07) is 14.5. The summed E-state index contributed by atoms with van der Waals surface area (Å²) in [4.78, 5) is 11.4. The largest absolute Gasteiger partial charge is 0.276 e. The molecule has 3 aromatic rings. The first kappa shape index (κ1) is 13.9. The van der Waals surface area contributed by atoms with Gasteiger partial charge in [0.1, 0.15) is 0 Å². The maximum Gasteiger partial charge on any atom is 0.268 e. The third-order valence-electron chi connectivity index (χ3n) is 3.18. The highest BCUT2D eigenvalue weighted by Gasteiger charge is 2.18. The molecule has 0 N–H and O–H groups in total. The van der Waals surface area contributed by atoms with Crippen molar-refractivity contribution in [2.45, 2.75) is 4.90 Å². The van der Waals surface area contributed by atoms with Gasteiger partial charge in [0.15, 0.2) is 0 Å². The molecule has 0 spiro atoms. The summed E-state index contributed by atoms with van der Waals surface area (Å²) in [5.74, 6) is 0. The van der Waals surface area contributed by atoms with Crippen LogP contribution >= 0.6 is 11.6 Å². The molecule has 21 heavy (non-hydrogen) atoms. The quantitative estimate of drug-likeness (QED) is 0.696. The van der Waals surface area contributed by atoms with Gasteiger partial charge in [-0.2, -0.15) is 0 Å². The van der Waals surface area contributed by atoms with Crippen LogP contribution in [0.4, 0.5) is 0 Å².